The summed E-state index contributed by atoms with van der Waals surface area (Å²) in [5, 5.41) is 4.46. The van der Waals surface area contributed by atoms with Gasteiger partial charge in [0.1, 0.15) is 5.75 Å². The lowest BCUT2D eigenvalue weighted by atomic mass is 10.2. The van der Waals surface area contributed by atoms with Gasteiger partial charge in [0.2, 0.25) is 15.9 Å². The molecule has 152 valence electrons. The van der Waals surface area contributed by atoms with Crippen molar-refractivity contribution in [2.24, 2.45) is 0 Å². The van der Waals surface area contributed by atoms with Crippen LogP contribution in [0.2, 0.25) is 0 Å². The fraction of sp³-hybridized carbons (Fsp3) is 0.368. The lowest BCUT2D eigenvalue weighted by molar-refractivity contribution is -0.116. The van der Waals surface area contributed by atoms with Gasteiger partial charge < -0.3 is 10.1 Å². The van der Waals surface area contributed by atoms with E-state index in [1.54, 1.807) is 31.4 Å². The van der Waals surface area contributed by atoms with Crippen LogP contribution in [-0.4, -0.2) is 44.6 Å². The maximum atomic E-state index is 12.7. The maximum Gasteiger partial charge on any atom is 0.243 e. The molecule has 0 aliphatic carbocycles. The Balaban J connectivity index is 2.15. The van der Waals surface area contributed by atoms with Crippen molar-refractivity contribution in [2.75, 3.05) is 25.5 Å². The van der Waals surface area contributed by atoms with Crippen LogP contribution in [0, 0.1) is 0 Å². The molecule has 9 heteroatoms. The number of nitrogens with one attached hydrogen (secondary N) is 1. The van der Waals surface area contributed by atoms with Crippen molar-refractivity contribution in [3.8, 4) is 5.75 Å². The van der Waals surface area contributed by atoms with E-state index < -0.39 is 10.0 Å². The van der Waals surface area contributed by atoms with Gasteiger partial charge in [0.15, 0.2) is 5.78 Å². The molecule has 28 heavy (non-hydrogen) atoms. The van der Waals surface area contributed by atoms with Crippen molar-refractivity contribution in [1.82, 2.24) is 4.31 Å². The number of carbonyl (C=O) groups is 2. The summed E-state index contributed by atoms with van der Waals surface area (Å²) < 4.78 is 32.0. The van der Waals surface area contributed by atoms with Crippen molar-refractivity contribution in [2.45, 2.75) is 31.6 Å². The Labute approximate surface area is 169 Å². The number of methoxy groups -OCH3 is 1. The van der Waals surface area contributed by atoms with Gasteiger partial charge in [-0.05, 0) is 29.6 Å². The zero-order chi connectivity index (χ0) is 20.7. The second-order valence-corrected chi connectivity index (χ2v) is 8.79. The Morgan fingerprint density at radius 3 is 2.43 bits per heavy atom. The van der Waals surface area contributed by atoms with Crippen molar-refractivity contribution < 1.29 is 22.7 Å². The van der Waals surface area contributed by atoms with Gasteiger partial charge in [-0.25, -0.2) is 8.42 Å². The van der Waals surface area contributed by atoms with Crippen LogP contribution < -0.4 is 10.1 Å². The van der Waals surface area contributed by atoms with E-state index in [1.165, 1.54) is 41.0 Å². The van der Waals surface area contributed by atoms with E-state index in [0.717, 1.165) is 0 Å². The molecule has 0 radical (unpaired) electrons. The normalized spacial score (nSPS) is 11.4. The van der Waals surface area contributed by atoms with Crippen LogP contribution in [0.15, 0.2) is 40.6 Å². The van der Waals surface area contributed by atoms with Gasteiger partial charge in [-0.1, -0.05) is 19.9 Å². The molecule has 7 nitrogen and oxygen atoms in total. The molecule has 0 saturated carbocycles. The number of sulfonamides is 1. The van der Waals surface area contributed by atoms with E-state index in [-0.39, 0.29) is 35.1 Å². The van der Waals surface area contributed by atoms with Crippen molar-refractivity contribution >= 4 is 38.7 Å². The van der Waals surface area contributed by atoms with Crippen LogP contribution in [0.1, 0.15) is 36.4 Å². The molecule has 2 rings (SSSR count). The van der Waals surface area contributed by atoms with Gasteiger partial charge in [0.25, 0.3) is 0 Å². The first-order chi connectivity index (χ1) is 13.3. The Morgan fingerprint density at radius 1 is 1.14 bits per heavy atom. The number of ether oxygens (including phenoxy) is 1. The topological polar surface area (TPSA) is 92.8 Å². The largest absolute Gasteiger partial charge is 0.495 e. The number of hydrogen-bond acceptors (Lipinski definition) is 6. The van der Waals surface area contributed by atoms with Gasteiger partial charge in [0, 0.05) is 25.9 Å². The van der Waals surface area contributed by atoms with Gasteiger partial charge >= 0.3 is 0 Å². The minimum atomic E-state index is -3.67. The average Bonchev–Trinajstić information content (AvgIpc) is 3.21. The number of benzene rings is 1. The predicted octanol–water partition coefficient (Wildman–Crippen LogP) is 3.39. The molecule has 0 aliphatic rings. The minimum Gasteiger partial charge on any atom is -0.495 e. The third-order valence-corrected chi connectivity index (χ3v) is 7.12. The number of nitrogens with zero attached hydrogens (tertiary/aromatic N) is 1. The lowest BCUT2D eigenvalue weighted by Crippen LogP contribution is -2.30. The number of rotatable bonds is 10. The standard InChI is InChI=1S/C19H24N2O5S2/c1-4-21(5-2)28(24,25)14-8-10-17(26-3)15(13-14)20-19(23)11-9-16(22)18-7-6-12-27-18/h6-8,10,12-13H,4-5,9,11H2,1-3H3,(H,20,23). The van der Waals surface area contributed by atoms with E-state index in [1.807, 2.05) is 0 Å². The zero-order valence-corrected chi connectivity index (χ0v) is 17.7. The highest BCUT2D eigenvalue weighted by Crippen LogP contribution is 2.29. The van der Waals surface area contributed by atoms with Crippen LogP contribution in [-0.2, 0) is 14.8 Å². The molecular formula is C19H24N2O5S2. The van der Waals surface area contributed by atoms with E-state index in [0.29, 0.717) is 23.7 Å². The summed E-state index contributed by atoms with van der Waals surface area (Å²) in [4.78, 5) is 25.0. The van der Waals surface area contributed by atoms with Gasteiger partial charge in [-0.15, -0.1) is 11.3 Å². The van der Waals surface area contributed by atoms with Gasteiger partial charge in [-0.2, -0.15) is 4.31 Å². The molecule has 1 amide bonds. The smallest absolute Gasteiger partial charge is 0.243 e. The number of Topliss-reactive ketones (excluding diaryl/α,β-unsaturated/α-hetero) is 1. The second kappa shape index (κ2) is 9.81. The molecule has 0 atom stereocenters. The first-order valence-electron chi connectivity index (χ1n) is 8.88. The van der Waals surface area contributed by atoms with E-state index in [2.05, 4.69) is 5.32 Å². The molecule has 0 unspecified atom stereocenters. The molecular weight excluding hydrogens is 400 g/mol. The molecule has 0 aliphatic heterocycles. The van der Waals surface area contributed by atoms with Crippen molar-refractivity contribution in [1.29, 1.82) is 0 Å². The summed E-state index contributed by atoms with van der Waals surface area (Å²) in [5.41, 5.74) is 0.254. The first kappa shape index (κ1) is 22.1. The number of carbonyl (C=O) groups excluding carboxylic acids is 2. The summed E-state index contributed by atoms with van der Waals surface area (Å²) >= 11 is 1.33. The molecule has 1 heterocycles. The third kappa shape index (κ3) is 5.18. The fourth-order valence-corrected chi connectivity index (χ4v) is 4.84. The van der Waals surface area contributed by atoms with Crippen molar-refractivity contribution in [3.05, 3.63) is 40.6 Å². The summed E-state index contributed by atoms with van der Waals surface area (Å²) in [6.07, 6.45) is 0.0685. The summed E-state index contributed by atoms with van der Waals surface area (Å²) in [7, 11) is -2.23. The van der Waals surface area contributed by atoms with E-state index >= 15 is 0 Å². The Morgan fingerprint density at radius 2 is 1.86 bits per heavy atom. The number of amides is 1. The molecule has 0 fully saturated rings. The summed E-state index contributed by atoms with van der Waals surface area (Å²) in [6, 6.07) is 7.83. The maximum absolute atomic E-state index is 12.7. The van der Waals surface area contributed by atoms with E-state index in [4.69, 9.17) is 4.74 Å². The molecule has 0 bridgehead atoms. The Kier molecular flexibility index (Phi) is 7.73. The molecule has 1 aromatic carbocycles. The van der Waals surface area contributed by atoms with Crippen LogP contribution >= 0.6 is 11.3 Å². The first-order valence-corrected chi connectivity index (χ1v) is 11.2. The zero-order valence-electron chi connectivity index (χ0n) is 16.1. The van der Waals surface area contributed by atoms with Crippen LogP contribution in [0.25, 0.3) is 0 Å². The molecule has 0 spiro atoms. The summed E-state index contributed by atoms with van der Waals surface area (Å²) in [6.45, 7) is 4.21. The van der Waals surface area contributed by atoms with Gasteiger partial charge in [-0.3, -0.25) is 9.59 Å². The van der Waals surface area contributed by atoms with Crippen LogP contribution in [0.4, 0.5) is 5.69 Å². The lowest BCUT2D eigenvalue weighted by Gasteiger charge is -2.19. The fourth-order valence-electron chi connectivity index (χ4n) is 2.66. The van der Waals surface area contributed by atoms with Crippen LogP contribution in [0.3, 0.4) is 0 Å². The number of ketones is 1. The third-order valence-electron chi connectivity index (χ3n) is 4.16. The molecule has 2 aromatic rings. The highest BCUT2D eigenvalue weighted by atomic mass is 32.2. The van der Waals surface area contributed by atoms with Gasteiger partial charge in [0.05, 0.1) is 22.6 Å². The molecule has 1 aromatic heterocycles. The monoisotopic (exact) mass is 424 g/mol. The number of anilines is 1. The predicted molar refractivity (Wildman–Crippen MR) is 110 cm³/mol. The second-order valence-electron chi connectivity index (χ2n) is 5.90. The van der Waals surface area contributed by atoms with E-state index in [9.17, 15) is 18.0 Å². The average molecular weight is 425 g/mol. The molecule has 0 saturated heterocycles. The Bertz CT molecular complexity index is 920. The quantitative estimate of drug-likeness (QED) is 0.590. The highest BCUT2D eigenvalue weighted by Gasteiger charge is 2.23. The van der Waals surface area contributed by atoms with Crippen LogP contribution in [0.5, 0.6) is 5.75 Å². The highest BCUT2D eigenvalue weighted by molar-refractivity contribution is 7.89. The molecule has 1 N–H and O–H groups in total. The minimum absolute atomic E-state index is 0.00703. The SMILES string of the molecule is CCN(CC)S(=O)(=O)c1ccc(OC)c(NC(=O)CCC(=O)c2cccs2)c1. The Hall–Kier alpha value is -2.23. The number of thiophene rings is 1. The van der Waals surface area contributed by atoms with Crippen molar-refractivity contribution in [3.63, 3.8) is 0 Å². The summed E-state index contributed by atoms with van der Waals surface area (Å²) in [5.74, 6) is -0.146. The number of hydrogen-bond donors (Lipinski definition) is 1.